The summed E-state index contributed by atoms with van der Waals surface area (Å²) in [5, 5.41) is 4.76. The van der Waals surface area contributed by atoms with Crippen molar-refractivity contribution in [3.8, 4) is 0 Å². The lowest BCUT2D eigenvalue weighted by Crippen LogP contribution is -2.33. The van der Waals surface area contributed by atoms with E-state index in [1.807, 2.05) is 16.3 Å². The van der Waals surface area contributed by atoms with E-state index in [1.54, 1.807) is 0 Å². The van der Waals surface area contributed by atoms with Gasteiger partial charge in [0.2, 0.25) is 0 Å². The van der Waals surface area contributed by atoms with Gasteiger partial charge in [0.15, 0.2) is 14.6 Å². The number of sulfone groups is 1. The van der Waals surface area contributed by atoms with Crippen LogP contribution < -0.4 is 0 Å². The highest BCUT2D eigenvalue weighted by atomic mass is 32.2. The van der Waals surface area contributed by atoms with Gasteiger partial charge in [-0.3, -0.25) is 4.90 Å². The molecular weight excluding hydrogens is 392 g/mol. The molecule has 8 heteroatoms. The zero-order chi connectivity index (χ0) is 19.7. The van der Waals surface area contributed by atoms with E-state index in [9.17, 15) is 8.42 Å². The van der Waals surface area contributed by atoms with Gasteiger partial charge in [0.1, 0.15) is 5.82 Å². The fourth-order valence-corrected chi connectivity index (χ4v) is 6.53. The molecule has 0 aliphatic carbocycles. The molecule has 4 rings (SSSR count). The predicted octanol–water partition coefficient (Wildman–Crippen LogP) is 2.59. The van der Waals surface area contributed by atoms with Crippen molar-refractivity contribution in [1.82, 2.24) is 19.2 Å². The van der Waals surface area contributed by atoms with E-state index >= 15 is 0 Å². The van der Waals surface area contributed by atoms with Gasteiger partial charge in [-0.25, -0.2) is 13.1 Å². The highest BCUT2D eigenvalue weighted by molar-refractivity contribution is 7.91. The molecule has 0 N–H and O–H groups in total. The van der Waals surface area contributed by atoms with Crippen molar-refractivity contribution in [2.24, 2.45) is 13.0 Å². The lowest BCUT2D eigenvalue weighted by atomic mass is 10.0. The summed E-state index contributed by atoms with van der Waals surface area (Å²) in [7, 11) is -0.925. The highest BCUT2D eigenvalue weighted by Crippen LogP contribution is 2.24. The maximum atomic E-state index is 11.7. The summed E-state index contributed by atoms with van der Waals surface area (Å²) in [6.45, 7) is 1.76. The molecule has 2 unspecified atom stereocenters. The van der Waals surface area contributed by atoms with Crippen LogP contribution >= 0.6 is 12.2 Å². The van der Waals surface area contributed by atoms with Gasteiger partial charge in [-0.2, -0.15) is 5.10 Å². The van der Waals surface area contributed by atoms with Crippen molar-refractivity contribution in [1.29, 1.82) is 0 Å². The van der Waals surface area contributed by atoms with Gasteiger partial charge in [-0.15, -0.1) is 0 Å². The van der Waals surface area contributed by atoms with Gasteiger partial charge < -0.3 is 4.57 Å². The molecule has 152 valence electrons. The molecule has 0 radical (unpaired) electrons. The topological polar surface area (TPSA) is 60.1 Å². The summed E-state index contributed by atoms with van der Waals surface area (Å²) in [5.41, 5.74) is 1.37. The first-order valence-electron chi connectivity index (χ1n) is 10.0. The van der Waals surface area contributed by atoms with Crippen LogP contribution in [0, 0.1) is 10.7 Å². The second-order valence-electron chi connectivity index (χ2n) is 8.17. The molecule has 28 heavy (non-hydrogen) atoms. The quantitative estimate of drug-likeness (QED) is 0.673. The van der Waals surface area contributed by atoms with Crippen molar-refractivity contribution in [2.45, 2.75) is 44.8 Å². The van der Waals surface area contributed by atoms with E-state index in [0.29, 0.717) is 29.7 Å². The maximum absolute atomic E-state index is 11.7. The standard InChI is InChI=1S/C20H28N4O2S2/c1-22-19(13-17-9-11-28(25,26)14-17)21-24(20(22)27)15-23-10-5-8-18(23)12-16-6-3-2-4-7-16/h2-4,6-7,17-18H,5,8-15H2,1H3. The molecule has 6 nitrogen and oxygen atoms in total. The third kappa shape index (κ3) is 4.39. The van der Waals surface area contributed by atoms with Crippen LogP contribution in [-0.2, 0) is 36.4 Å². The van der Waals surface area contributed by atoms with Crippen LogP contribution in [0.25, 0.3) is 0 Å². The summed E-state index contributed by atoms with van der Waals surface area (Å²) in [5.74, 6) is 1.63. The molecule has 2 saturated heterocycles. The largest absolute Gasteiger partial charge is 0.307 e. The molecule has 2 fully saturated rings. The summed E-state index contributed by atoms with van der Waals surface area (Å²) in [6, 6.07) is 11.1. The van der Waals surface area contributed by atoms with Crippen molar-refractivity contribution < 1.29 is 8.42 Å². The average molecular weight is 421 g/mol. The van der Waals surface area contributed by atoms with Gasteiger partial charge in [0.25, 0.3) is 0 Å². The van der Waals surface area contributed by atoms with Crippen LogP contribution in [0.15, 0.2) is 30.3 Å². The van der Waals surface area contributed by atoms with Gasteiger partial charge in [0.05, 0.1) is 18.2 Å². The van der Waals surface area contributed by atoms with Crippen molar-refractivity contribution in [3.05, 3.63) is 46.5 Å². The number of benzene rings is 1. The van der Waals surface area contributed by atoms with Crippen LogP contribution in [-0.4, -0.2) is 51.8 Å². The van der Waals surface area contributed by atoms with Crippen LogP contribution in [0.2, 0.25) is 0 Å². The Kier molecular flexibility index (Phi) is 5.71. The van der Waals surface area contributed by atoms with Gasteiger partial charge in [0, 0.05) is 26.1 Å². The van der Waals surface area contributed by atoms with Gasteiger partial charge >= 0.3 is 0 Å². The van der Waals surface area contributed by atoms with E-state index in [2.05, 4.69) is 35.2 Å². The second-order valence-corrected chi connectivity index (χ2v) is 10.8. The Morgan fingerprint density at radius 2 is 1.96 bits per heavy atom. The number of hydrogen-bond donors (Lipinski definition) is 0. The summed E-state index contributed by atoms with van der Waals surface area (Å²) in [6.07, 6.45) is 4.85. The lowest BCUT2D eigenvalue weighted by Gasteiger charge is -2.24. The first-order valence-corrected chi connectivity index (χ1v) is 12.3. The third-order valence-corrected chi connectivity index (χ3v) is 8.38. The van der Waals surface area contributed by atoms with Crippen LogP contribution in [0.1, 0.15) is 30.7 Å². The molecule has 0 spiro atoms. The van der Waals surface area contributed by atoms with Crippen molar-refractivity contribution >= 4 is 22.1 Å². The first kappa shape index (κ1) is 19.8. The first-order chi connectivity index (χ1) is 13.4. The number of hydrogen-bond acceptors (Lipinski definition) is 5. The summed E-state index contributed by atoms with van der Waals surface area (Å²) < 4.78 is 28.1. The molecule has 1 aromatic heterocycles. The lowest BCUT2D eigenvalue weighted by molar-refractivity contribution is 0.187. The van der Waals surface area contributed by atoms with Crippen LogP contribution in [0.4, 0.5) is 0 Å². The number of likely N-dealkylation sites (tertiary alicyclic amines) is 1. The molecule has 2 aliphatic rings. The monoisotopic (exact) mass is 420 g/mol. The molecule has 3 heterocycles. The molecule has 0 bridgehead atoms. The average Bonchev–Trinajstić information content (AvgIpc) is 3.32. The van der Waals surface area contributed by atoms with Crippen LogP contribution in [0.3, 0.4) is 0 Å². The van der Waals surface area contributed by atoms with Crippen molar-refractivity contribution in [2.75, 3.05) is 18.1 Å². The van der Waals surface area contributed by atoms with E-state index in [4.69, 9.17) is 17.3 Å². The molecule has 2 aromatic rings. The number of rotatable bonds is 6. The molecule has 2 atom stereocenters. The smallest absolute Gasteiger partial charge is 0.198 e. The minimum absolute atomic E-state index is 0.159. The third-order valence-electron chi connectivity index (χ3n) is 6.06. The predicted molar refractivity (Wildman–Crippen MR) is 112 cm³/mol. The highest BCUT2D eigenvalue weighted by Gasteiger charge is 2.30. The fraction of sp³-hybridized carbons (Fsp3) is 0.600. The molecule has 1 aromatic carbocycles. The molecule has 0 amide bonds. The Bertz CT molecular complexity index is 981. The molecule has 0 saturated carbocycles. The Morgan fingerprint density at radius 1 is 1.18 bits per heavy atom. The van der Waals surface area contributed by atoms with Gasteiger partial charge in [-0.05, 0) is 49.4 Å². The normalized spacial score (nSPS) is 24.8. The molecule has 2 aliphatic heterocycles. The van der Waals surface area contributed by atoms with E-state index < -0.39 is 9.84 Å². The van der Waals surface area contributed by atoms with E-state index in [0.717, 1.165) is 25.2 Å². The SMILES string of the molecule is Cn1c(CC2CCS(=O)(=O)C2)nn(CN2CCCC2Cc2ccccc2)c1=S. The maximum Gasteiger partial charge on any atom is 0.198 e. The second kappa shape index (κ2) is 8.08. The Balaban J connectivity index is 1.45. The van der Waals surface area contributed by atoms with E-state index in [-0.39, 0.29) is 11.7 Å². The van der Waals surface area contributed by atoms with Crippen LogP contribution in [0.5, 0.6) is 0 Å². The minimum atomic E-state index is -2.87. The fourth-order valence-electron chi connectivity index (χ4n) is 4.46. The Hall–Kier alpha value is -1.51. The molecular formula is C20H28N4O2S2. The minimum Gasteiger partial charge on any atom is -0.307 e. The van der Waals surface area contributed by atoms with Gasteiger partial charge in [-0.1, -0.05) is 30.3 Å². The van der Waals surface area contributed by atoms with Crippen molar-refractivity contribution in [3.63, 3.8) is 0 Å². The Labute approximate surface area is 172 Å². The zero-order valence-corrected chi connectivity index (χ0v) is 18.0. The Morgan fingerprint density at radius 3 is 2.68 bits per heavy atom. The number of aromatic nitrogens is 3. The number of nitrogens with zero attached hydrogens (tertiary/aromatic N) is 4. The summed E-state index contributed by atoms with van der Waals surface area (Å²) in [4.78, 5) is 2.47. The van der Waals surface area contributed by atoms with E-state index in [1.165, 1.54) is 18.4 Å². The zero-order valence-electron chi connectivity index (χ0n) is 16.3. The summed E-state index contributed by atoms with van der Waals surface area (Å²) >= 11 is 5.62.